The van der Waals surface area contributed by atoms with E-state index in [1.165, 1.54) is 0 Å². The van der Waals surface area contributed by atoms with Gasteiger partial charge in [-0.2, -0.15) is 5.26 Å². The van der Waals surface area contributed by atoms with E-state index in [0.29, 0.717) is 22.6 Å². The van der Waals surface area contributed by atoms with Gasteiger partial charge >= 0.3 is 0 Å². The number of nitrogens with one attached hydrogen (secondary N) is 1. The van der Waals surface area contributed by atoms with E-state index in [4.69, 9.17) is 9.15 Å². The summed E-state index contributed by atoms with van der Waals surface area (Å²) in [5, 5.41) is 14.4. The molecule has 0 spiro atoms. The maximum absolute atomic E-state index is 12.9. The van der Waals surface area contributed by atoms with Crippen molar-refractivity contribution in [2.45, 2.75) is 6.42 Å². The van der Waals surface area contributed by atoms with Gasteiger partial charge in [0.25, 0.3) is 0 Å². The second-order valence-electron chi connectivity index (χ2n) is 8.44. The Kier molecular flexibility index (Phi) is 6.07. The number of nitriles is 1. The Bertz CT molecular complexity index is 1390. The third kappa shape index (κ3) is 4.28. The minimum Gasteiger partial charge on any atom is -0.495 e. The van der Waals surface area contributed by atoms with Crippen LogP contribution in [0.2, 0.25) is 0 Å². The summed E-state index contributed by atoms with van der Waals surface area (Å²) in [6.07, 6.45) is 0.918. The molecule has 7 nitrogen and oxygen atoms in total. The van der Waals surface area contributed by atoms with Crippen LogP contribution < -0.4 is 15.0 Å². The maximum atomic E-state index is 12.9. The number of nitrogens with zero attached hydrogens (tertiary/aromatic N) is 3. The number of hydrogen-bond donors (Lipinski definition) is 1. The lowest BCUT2D eigenvalue weighted by Crippen LogP contribution is -2.36. The first-order chi connectivity index (χ1) is 16.7. The number of rotatable bonds is 5. The van der Waals surface area contributed by atoms with Gasteiger partial charge in [-0.15, -0.1) is 0 Å². The first kappa shape index (κ1) is 21.8. The minimum absolute atomic E-state index is 0.0976. The standard InChI is InChI=1S/C27H26N4O3/c1-33-26-15-21-20-8-3-5-10-24(20)34-25(21)16-22(26)29-27(32)18-30-11-6-12-31(14-13-30)23-9-4-2-7-19(23)17-28/h2-5,7-10,15-16H,6,11-14,18H2,1H3,(H,29,32). The Balaban J connectivity index is 1.28. The molecule has 7 heteroatoms. The monoisotopic (exact) mass is 454 g/mol. The Morgan fingerprint density at radius 1 is 1.03 bits per heavy atom. The van der Waals surface area contributed by atoms with Crippen LogP contribution in [0.5, 0.6) is 5.75 Å². The first-order valence-corrected chi connectivity index (χ1v) is 11.4. The average Bonchev–Trinajstić information content (AvgIpc) is 3.05. The predicted octanol–water partition coefficient (Wildman–Crippen LogP) is 4.62. The molecule has 1 aromatic heterocycles. The molecular formula is C27H26N4O3. The lowest BCUT2D eigenvalue weighted by atomic mass is 10.1. The number of fused-ring (bicyclic) bond motifs is 3. The van der Waals surface area contributed by atoms with Crippen molar-refractivity contribution in [3.63, 3.8) is 0 Å². The van der Waals surface area contributed by atoms with Crippen molar-refractivity contribution in [2.24, 2.45) is 0 Å². The third-order valence-electron chi connectivity index (χ3n) is 6.29. The average molecular weight is 455 g/mol. The number of benzene rings is 3. The Hall–Kier alpha value is -4.02. The number of ether oxygens (including phenoxy) is 1. The van der Waals surface area contributed by atoms with Gasteiger partial charge in [0.05, 0.1) is 30.6 Å². The number of hydrogen-bond acceptors (Lipinski definition) is 6. The van der Waals surface area contributed by atoms with Crippen LogP contribution in [-0.2, 0) is 4.79 Å². The number of anilines is 2. The van der Waals surface area contributed by atoms with E-state index < -0.39 is 0 Å². The molecule has 1 saturated heterocycles. The van der Waals surface area contributed by atoms with Gasteiger partial charge in [0.15, 0.2) is 0 Å². The lowest BCUT2D eigenvalue weighted by molar-refractivity contribution is -0.117. The second kappa shape index (κ2) is 9.46. The molecule has 2 heterocycles. The number of methoxy groups -OCH3 is 1. The predicted molar refractivity (Wildman–Crippen MR) is 133 cm³/mol. The zero-order chi connectivity index (χ0) is 23.5. The number of amides is 1. The van der Waals surface area contributed by atoms with Crippen molar-refractivity contribution in [1.29, 1.82) is 5.26 Å². The van der Waals surface area contributed by atoms with Gasteiger partial charge < -0.3 is 19.4 Å². The first-order valence-electron chi connectivity index (χ1n) is 11.4. The fourth-order valence-corrected chi connectivity index (χ4v) is 4.62. The fraction of sp³-hybridized carbons (Fsp3) is 0.259. The van der Waals surface area contributed by atoms with Crippen LogP contribution in [0.4, 0.5) is 11.4 Å². The largest absolute Gasteiger partial charge is 0.495 e. The van der Waals surface area contributed by atoms with E-state index in [1.54, 1.807) is 7.11 Å². The van der Waals surface area contributed by atoms with Crippen LogP contribution in [0.3, 0.4) is 0 Å². The molecule has 4 aromatic rings. The summed E-state index contributed by atoms with van der Waals surface area (Å²) in [7, 11) is 1.60. The van der Waals surface area contributed by atoms with Crippen LogP contribution in [0.25, 0.3) is 21.9 Å². The van der Waals surface area contributed by atoms with Crippen molar-refractivity contribution in [2.75, 3.05) is 50.1 Å². The quantitative estimate of drug-likeness (QED) is 0.474. The molecule has 5 rings (SSSR count). The molecule has 0 unspecified atom stereocenters. The van der Waals surface area contributed by atoms with Crippen LogP contribution in [-0.4, -0.2) is 50.6 Å². The van der Waals surface area contributed by atoms with Gasteiger partial charge in [-0.1, -0.05) is 30.3 Å². The van der Waals surface area contributed by atoms with E-state index in [0.717, 1.165) is 54.6 Å². The van der Waals surface area contributed by atoms with Crippen molar-refractivity contribution in [3.05, 3.63) is 66.2 Å². The Morgan fingerprint density at radius 2 is 1.85 bits per heavy atom. The summed E-state index contributed by atoms with van der Waals surface area (Å²) >= 11 is 0. The van der Waals surface area contributed by atoms with Gasteiger partial charge in [0.1, 0.15) is 23.0 Å². The summed E-state index contributed by atoms with van der Waals surface area (Å²) in [6.45, 7) is 3.47. The van der Waals surface area contributed by atoms with Crippen molar-refractivity contribution >= 4 is 39.2 Å². The molecule has 1 aliphatic heterocycles. The summed E-state index contributed by atoms with van der Waals surface area (Å²) in [5.41, 5.74) is 3.74. The fourth-order valence-electron chi connectivity index (χ4n) is 4.62. The molecular weight excluding hydrogens is 428 g/mol. The van der Waals surface area contributed by atoms with Gasteiger partial charge in [0.2, 0.25) is 5.91 Å². The molecule has 0 bridgehead atoms. The Morgan fingerprint density at radius 3 is 2.71 bits per heavy atom. The normalized spacial score (nSPS) is 14.6. The van der Waals surface area contributed by atoms with E-state index >= 15 is 0 Å². The van der Waals surface area contributed by atoms with Crippen LogP contribution in [0, 0.1) is 11.3 Å². The highest BCUT2D eigenvalue weighted by Crippen LogP contribution is 2.36. The van der Waals surface area contributed by atoms with Gasteiger partial charge in [-0.25, -0.2) is 0 Å². The van der Waals surface area contributed by atoms with Gasteiger partial charge in [-0.05, 0) is 30.7 Å². The SMILES string of the molecule is COc1cc2c(cc1NC(=O)CN1CCCN(c3ccccc3C#N)CC1)oc1ccccc12. The highest BCUT2D eigenvalue weighted by atomic mass is 16.5. The molecule has 1 fully saturated rings. The molecule has 3 aromatic carbocycles. The van der Waals surface area contributed by atoms with Crippen molar-refractivity contribution < 1.29 is 13.9 Å². The van der Waals surface area contributed by atoms with E-state index in [9.17, 15) is 10.1 Å². The summed E-state index contributed by atoms with van der Waals surface area (Å²) in [4.78, 5) is 17.3. The van der Waals surface area contributed by atoms with Crippen LogP contribution >= 0.6 is 0 Å². The summed E-state index contributed by atoms with van der Waals surface area (Å²) in [6, 6.07) is 21.5. The summed E-state index contributed by atoms with van der Waals surface area (Å²) in [5.74, 6) is 0.502. The molecule has 1 aliphatic rings. The molecule has 0 atom stereocenters. The number of furan rings is 1. The third-order valence-corrected chi connectivity index (χ3v) is 6.29. The molecule has 0 radical (unpaired) electrons. The number of para-hydroxylation sites is 2. The zero-order valence-corrected chi connectivity index (χ0v) is 19.1. The second-order valence-corrected chi connectivity index (χ2v) is 8.44. The molecule has 1 N–H and O–H groups in total. The van der Waals surface area contributed by atoms with Crippen molar-refractivity contribution in [3.8, 4) is 11.8 Å². The highest BCUT2D eigenvalue weighted by Gasteiger charge is 2.20. The molecule has 34 heavy (non-hydrogen) atoms. The van der Waals surface area contributed by atoms with Gasteiger partial charge in [-0.3, -0.25) is 9.69 Å². The summed E-state index contributed by atoms with van der Waals surface area (Å²) < 4.78 is 11.5. The molecule has 0 saturated carbocycles. The topological polar surface area (TPSA) is 81.7 Å². The smallest absolute Gasteiger partial charge is 0.238 e. The minimum atomic E-state index is -0.0976. The Labute approximate surface area is 198 Å². The van der Waals surface area contributed by atoms with Crippen LogP contribution in [0.15, 0.2) is 65.1 Å². The van der Waals surface area contributed by atoms with E-state index in [-0.39, 0.29) is 12.5 Å². The molecule has 172 valence electrons. The highest BCUT2D eigenvalue weighted by molar-refractivity contribution is 6.07. The van der Waals surface area contributed by atoms with Crippen LogP contribution in [0.1, 0.15) is 12.0 Å². The van der Waals surface area contributed by atoms with E-state index in [2.05, 4.69) is 21.2 Å². The lowest BCUT2D eigenvalue weighted by Gasteiger charge is -2.24. The number of carbonyl (C=O) groups is 1. The van der Waals surface area contributed by atoms with Gasteiger partial charge in [0, 0.05) is 43.0 Å². The maximum Gasteiger partial charge on any atom is 0.238 e. The van der Waals surface area contributed by atoms with Crippen molar-refractivity contribution in [1.82, 2.24) is 4.90 Å². The molecule has 0 aliphatic carbocycles. The number of carbonyl (C=O) groups excluding carboxylic acids is 1. The molecule has 1 amide bonds. The van der Waals surface area contributed by atoms with E-state index in [1.807, 2.05) is 60.7 Å². The zero-order valence-electron chi connectivity index (χ0n) is 19.1.